The fourth-order valence-electron chi connectivity index (χ4n) is 2.38. The summed E-state index contributed by atoms with van der Waals surface area (Å²) in [6, 6.07) is 13.5. The summed E-state index contributed by atoms with van der Waals surface area (Å²) in [5, 5.41) is 7.80. The molecular formula is C18H17N3O4S. The Balaban J connectivity index is 1.71. The summed E-state index contributed by atoms with van der Waals surface area (Å²) < 4.78 is 27.9. The van der Waals surface area contributed by atoms with Gasteiger partial charge in [-0.3, -0.25) is 4.79 Å². The van der Waals surface area contributed by atoms with Gasteiger partial charge in [-0.2, -0.15) is 0 Å². The summed E-state index contributed by atoms with van der Waals surface area (Å²) >= 11 is 0. The highest BCUT2D eigenvalue weighted by Gasteiger charge is 2.18. The van der Waals surface area contributed by atoms with Crippen LogP contribution >= 0.6 is 0 Å². The van der Waals surface area contributed by atoms with E-state index in [1.54, 1.807) is 12.1 Å². The van der Waals surface area contributed by atoms with Gasteiger partial charge in [0.1, 0.15) is 0 Å². The number of aromatic nitrogens is 1. The second-order valence-electron chi connectivity index (χ2n) is 5.77. The highest BCUT2D eigenvalue weighted by Crippen LogP contribution is 2.23. The lowest BCUT2D eigenvalue weighted by Gasteiger charge is -2.06. The van der Waals surface area contributed by atoms with Crippen molar-refractivity contribution in [3.63, 3.8) is 0 Å². The zero-order chi connectivity index (χ0) is 18.7. The number of nitrogens with one attached hydrogen (secondary N) is 1. The first-order valence-electron chi connectivity index (χ1n) is 7.75. The molecular weight excluding hydrogens is 354 g/mol. The number of carbonyl (C=O) groups is 1. The molecule has 1 amide bonds. The average Bonchev–Trinajstić information content (AvgIpc) is 3.10. The number of oxazole rings is 1. The Morgan fingerprint density at radius 2 is 1.77 bits per heavy atom. The summed E-state index contributed by atoms with van der Waals surface area (Å²) in [7, 11) is -3.74. The van der Waals surface area contributed by atoms with Crippen molar-refractivity contribution in [3.8, 4) is 11.3 Å². The van der Waals surface area contributed by atoms with Gasteiger partial charge in [0.15, 0.2) is 17.8 Å². The third-order valence-electron chi connectivity index (χ3n) is 3.80. The van der Waals surface area contributed by atoms with Crippen molar-refractivity contribution in [2.75, 3.05) is 0 Å². The quantitative estimate of drug-likeness (QED) is 0.713. The van der Waals surface area contributed by atoms with E-state index >= 15 is 0 Å². The van der Waals surface area contributed by atoms with Gasteiger partial charge in [0, 0.05) is 12.1 Å². The molecule has 1 heterocycles. The van der Waals surface area contributed by atoms with Crippen LogP contribution in [0.4, 0.5) is 0 Å². The Morgan fingerprint density at radius 1 is 1.12 bits per heavy atom. The number of aryl methyl sites for hydroxylation is 1. The van der Waals surface area contributed by atoms with Crippen LogP contribution in [-0.2, 0) is 16.6 Å². The third-order valence-corrected chi connectivity index (χ3v) is 4.73. The van der Waals surface area contributed by atoms with E-state index in [4.69, 9.17) is 9.56 Å². The lowest BCUT2D eigenvalue weighted by Crippen LogP contribution is -2.23. The number of sulfonamides is 1. The number of carbonyl (C=O) groups excluding carboxylic acids is 1. The first-order valence-corrected chi connectivity index (χ1v) is 9.30. The maximum absolute atomic E-state index is 12.4. The van der Waals surface area contributed by atoms with E-state index in [1.165, 1.54) is 18.5 Å². The van der Waals surface area contributed by atoms with Crippen molar-refractivity contribution in [3.05, 3.63) is 71.7 Å². The van der Waals surface area contributed by atoms with E-state index in [9.17, 15) is 13.2 Å². The summed E-state index contributed by atoms with van der Waals surface area (Å²) in [5.74, 6) is 0.0110. The molecule has 134 valence electrons. The van der Waals surface area contributed by atoms with Gasteiger partial charge in [-0.25, -0.2) is 18.5 Å². The smallest absolute Gasteiger partial charge is 0.274 e. The van der Waals surface area contributed by atoms with Crippen LogP contribution in [-0.4, -0.2) is 19.3 Å². The molecule has 7 nitrogen and oxygen atoms in total. The van der Waals surface area contributed by atoms with E-state index in [2.05, 4.69) is 10.3 Å². The number of primary sulfonamides is 1. The fraction of sp³-hybridized carbons (Fsp3) is 0.111. The van der Waals surface area contributed by atoms with Crippen LogP contribution in [0.25, 0.3) is 11.3 Å². The highest BCUT2D eigenvalue weighted by molar-refractivity contribution is 7.89. The monoisotopic (exact) mass is 371 g/mol. The molecule has 0 aliphatic heterocycles. The average molecular weight is 371 g/mol. The molecule has 0 aliphatic carbocycles. The van der Waals surface area contributed by atoms with Crippen molar-refractivity contribution in [1.82, 2.24) is 10.3 Å². The summed E-state index contributed by atoms with van der Waals surface area (Å²) in [5.41, 5.74) is 2.78. The Hall–Kier alpha value is -2.97. The maximum atomic E-state index is 12.4. The minimum absolute atomic E-state index is 0.0192. The number of rotatable bonds is 5. The molecule has 0 atom stereocenters. The van der Waals surface area contributed by atoms with Crippen LogP contribution in [0.1, 0.15) is 21.6 Å². The van der Waals surface area contributed by atoms with Gasteiger partial charge in [0.05, 0.1) is 4.90 Å². The second kappa shape index (κ2) is 7.11. The number of nitrogens with zero attached hydrogens (tertiary/aromatic N) is 1. The van der Waals surface area contributed by atoms with E-state index < -0.39 is 10.0 Å². The van der Waals surface area contributed by atoms with Crippen LogP contribution in [0.15, 0.2) is 64.2 Å². The molecule has 0 saturated carbocycles. The fourth-order valence-corrected chi connectivity index (χ4v) is 2.90. The number of hydrogen-bond donors (Lipinski definition) is 2. The number of benzene rings is 2. The first kappa shape index (κ1) is 17.8. The summed E-state index contributed by atoms with van der Waals surface area (Å²) in [6.07, 6.45) is 1.23. The molecule has 3 N–H and O–H groups in total. The Bertz CT molecular complexity index is 1020. The minimum Gasteiger partial charge on any atom is -0.443 e. The van der Waals surface area contributed by atoms with Gasteiger partial charge in [-0.05, 0) is 24.6 Å². The van der Waals surface area contributed by atoms with Gasteiger partial charge in [0.25, 0.3) is 5.91 Å². The number of hydrogen-bond acceptors (Lipinski definition) is 5. The molecule has 0 unspecified atom stereocenters. The Labute approximate surface area is 150 Å². The Kier molecular flexibility index (Phi) is 4.88. The standard InChI is InChI=1S/C18H17N3O4S/c1-12-2-6-14(7-3-12)17-16(21-11-25-17)18(22)20-10-13-4-8-15(9-5-13)26(19,23)24/h2-9,11H,10H2,1H3,(H,20,22)(H2,19,23,24). The lowest BCUT2D eigenvalue weighted by atomic mass is 10.1. The summed E-state index contributed by atoms with van der Waals surface area (Å²) in [6.45, 7) is 2.18. The van der Waals surface area contributed by atoms with Crippen LogP contribution < -0.4 is 10.5 Å². The number of nitrogens with two attached hydrogens (primary N) is 1. The van der Waals surface area contributed by atoms with Crippen molar-refractivity contribution < 1.29 is 17.6 Å². The van der Waals surface area contributed by atoms with Gasteiger partial charge < -0.3 is 9.73 Å². The van der Waals surface area contributed by atoms with Gasteiger partial charge in [-0.1, -0.05) is 42.0 Å². The second-order valence-corrected chi connectivity index (χ2v) is 7.33. The van der Waals surface area contributed by atoms with Gasteiger partial charge in [0.2, 0.25) is 10.0 Å². The van der Waals surface area contributed by atoms with Crippen LogP contribution in [0.3, 0.4) is 0 Å². The predicted molar refractivity (Wildman–Crippen MR) is 95.7 cm³/mol. The lowest BCUT2D eigenvalue weighted by molar-refractivity contribution is 0.0946. The molecule has 0 saturated heterocycles. The molecule has 0 radical (unpaired) electrons. The number of amides is 1. The van der Waals surface area contributed by atoms with Gasteiger partial charge >= 0.3 is 0 Å². The van der Waals surface area contributed by atoms with E-state index in [-0.39, 0.29) is 23.0 Å². The van der Waals surface area contributed by atoms with Crippen LogP contribution in [0, 0.1) is 6.92 Å². The topological polar surface area (TPSA) is 115 Å². The predicted octanol–water partition coefficient (Wildman–Crippen LogP) is 2.23. The van der Waals surface area contributed by atoms with Crippen LogP contribution in [0.2, 0.25) is 0 Å². The van der Waals surface area contributed by atoms with Gasteiger partial charge in [-0.15, -0.1) is 0 Å². The maximum Gasteiger partial charge on any atom is 0.274 e. The van der Waals surface area contributed by atoms with Crippen molar-refractivity contribution >= 4 is 15.9 Å². The zero-order valence-electron chi connectivity index (χ0n) is 14.0. The molecule has 1 aromatic heterocycles. The normalized spacial score (nSPS) is 11.3. The Morgan fingerprint density at radius 3 is 2.38 bits per heavy atom. The van der Waals surface area contributed by atoms with E-state index in [1.807, 2.05) is 31.2 Å². The first-order chi connectivity index (χ1) is 12.3. The molecule has 8 heteroatoms. The third kappa shape index (κ3) is 3.98. The van der Waals surface area contributed by atoms with Crippen molar-refractivity contribution in [1.29, 1.82) is 0 Å². The van der Waals surface area contributed by atoms with E-state index in [0.717, 1.165) is 16.7 Å². The molecule has 0 aliphatic rings. The van der Waals surface area contributed by atoms with Crippen molar-refractivity contribution in [2.24, 2.45) is 5.14 Å². The van der Waals surface area contributed by atoms with Crippen molar-refractivity contribution in [2.45, 2.75) is 18.4 Å². The zero-order valence-corrected chi connectivity index (χ0v) is 14.8. The molecule has 0 fully saturated rings. The molecule has 0 spiro atoms. The molecule has 3 rings (SSSR count). The molecule has 0 bridgehead atoms. The van der Waals surface area contributed by atoms with Crippen LogP contribution in [0.5, 0.6) is 0 Å². The largest absolute Gasteiger partial charge is 0.443 e. The SMILES string of the molecule is Cc1ccc(-c2ocnc2C(=O)NCc2ccc(S(N)(=O)=O)cc2)cc1. The molecule has 26 heavy (non-hydrogen) atoms. The highest BCUT2D eigenvalue weighted by atomic mass is 32.2. The molecule has 3 aromatic rings. The molecule has 2 aromatic carbocycles. The van der Waals surface area contributed by atoms with E-state index in [0.29, 0.717) is 5.76 Å². The minimum atomic E-state index is -3.74. The summed E-state index contributed by atoms with van der Waals surface area (Å²) in [4.78, 5) is 16.4.